The summed E-state index contributed by atoms with van der Waals surface area (Å²) in [7, 11) is 1.52. The van der Waals surface area contributed by atoms with Crippen LogP contribution in [0.15, 0.2) is 46.3 Å². The van der Waals surface area contributed by atoms with Gasteiger partial charge < -0.3 is 19.7 Å². The minimum absolute atomic E-state index is 0.159. The number of halogens is 1. The summed E-state index contributed by atoms with van der Waals surface area (Å²) in [6, 6.07) is 12.1. The fourth-order valence-electron chi connectivity index (χ4n) is 3.50. The van der Waals surface area contributed by atoms with E-state index in [1.54, 1.807) is 41.3 Å². The van der Waals surface area contributed by atoms with Gasteiger partial charge in [-0.3, -0.25) is 14.6 Å². The number of nitrogens with one attached hydrogen (secondary N) is 1. The number of amidine groups is 1. The second-order valence-electron chi connectivity index (χ2n) is 7.51. The minimum Gasteiger partial charge on any atom is -0.493 e. The molecular weight excluding hydrogens is 476 g/mol. The number of rotatable bonds is 7. The van der Waals surface area contributed by atoms with E-state index in [9.17, 15) is 9.59 Å². The topological polar surface area (TPSA) is 104 Å². The van der Waals surface area contributed by atoms with Crippen molar-refractivity contribution in [2.24, 2.45) is 4.99 Å². The summed E-state index contributed by atoms with van der Waals surface area (Å²) in [5.41, 5.74) is 1.18. The highest BCUT2D eigenvalue weighted by Crippen LogP contribution is 2.37. The number of amides is 2. The molecule has 0 bridgehead atoms. The van der Waals surface area contributed by atoms with E-state index in [-0.39, 0.29) is 11.8 Å². The molecule has 2 aromatic rings. The first kappa shape index (κ1) is 23.7. The zero-order valence-electron chi connectivity index (χ0n) is 18.3. The molecule has 0 aromatic heterocycles. The lowest BCUT2D eigenvalue weighted by molar-refractivity contribution is -0.127. The van der Waals surface area contributed by atoms with Crippen LogP contribution in [0.25, 0.3) is 6.08 Å². The Balaban J connectivity index is 1.44. The van der Waals surface area contributed by atoms with Crippen LogP contribution in [0.4, 0.5) is 0 Å². The van der Waals surface area contributed by atoms with Crippen molar-refractivity contribution >= 4 is 46.4 Å². The number of methoxy groups -OCH3 is 1. The first-order valence-corrected chi connectivity index (χ1v) is 11.7. The number of hydrogen-bond donors (Lipinski definition) is 1. The van der Waals surface area contributed by atoms with Crippen LogP contribution < -0.4 is 14.8 Å². The molecule has 2 aliphatic rings. The maximum atomic E-state index is 12.4. The number of thioether (sulfide) groups is 1. The molecule has 174 valence electrons. The fourth-order valence-corrected chi connectivity index (χ4v) is 4.56. The Bertz CT molecular complexity index is 1240. The molecule has 2 aromatic carbocycles. The van der Waals surface area contributed by atoms with Gasteiger partial charge in [0.15, 0.2) is 16.7 Å². The number of hydrogen-bond acceptors (Lipinski definition) is 7. The molecular formula is C24H21ClN4O4S. The number of nitrogens with zero attached hydrogens (tertiary/aromatic N) is 3. The molecule has 1 N–H and O–H groups in total. The van der Waals surface area contributed by atoms with E-state index < -0.39 is 0 Å². The molecule has 10 heteroatoms. The molecule has 2 aliphatic heterocycles. The van der Waals surface area contributed by atoms with Crippen molar-refractivity contribution < 1.29 is 19.1 Å². The van der Waals surface area contributed by atoms with Crippen LogP contribution in [-0.2, 0) is 9.59 Å². The van der Waals surface area contributed by atoms with Gasteiger partial charge in [0.05, 0.1) is 35.2 Å². The van der Waals surface area contributed by atoms with Gasteiger partial charge in [0.2, 0.25) is 5.91 Å². The van der Waals surface area contributed by atoms with Gasteiger partial charge in [0.25, 0.3) is 5.91 Å². The van der Waals surface area contributed by atoms with Crippen molar-refractivity contribution in [3.63, 3.8) is 0 Å². The zero-order valence-corrected chi connectivity index (χ0v) is 19.9. The second kappa shape index (κ2) is 10.6. The van der Waals surface area contributed by atoms with Gasteiger partial charge in [0, 0.05) is 19.5 Å². The summed E-state index contributed by atoms with van der Waals surface area (Å²) in [5, 5.41) is 12.6. The smallest absolute Gasteiger partial charge is 0.264 e. The van der Waals surface area contributed by atoms with Crippen LogP contribution in [-0.4, -0.2) is 48.6 Å². The third-order valence-corrected chi connectivity index (χ3v) is 6.46. The van der Waals surface area contributed by atoms with E-state index >= 15 is 0 Å². The molecule has 0 radical (unpaired) electrons. The van der Waals surface area contributed by atoms with Crippen LogP contribution in [0.3, 0.4) is 0 Å². The van der Waals surface area contributed by atoms with Crippen molar-refractivity contribution in [1.29, 1.82) is 5.26 Å². The summed E-state index contributed by atoms with van der Waals surface area (Å²) < 4.78 is 11.3. The fraction of sp³-hybridized carbons (Fsp3) is 0.250. The van der Waals surface area contributed by atoms with Crippen molar-refractivity contribution in [2.45, 2.75) is 12.8 Å². The zero-order chi connectivity index (χ0) is 24.1. The molecule has 2 heterocycles. The van der Waals surface area contributed by atoms with E-state index in [4.69, 9.17) is 26.3 Å². The number of benzene rings is 2. The van der Waals surface area contributed by atoms with Crippen molar-refractivity contribution in [1.82, 2.24) is 10.2 Å². The lowest BCUT2D eigenvalue weighted by Gasteiger charge is -2.13. The van der Waals surface area contributed by atoms with Gasteiger partial charge in [-0.1, -0.05) is 17.7 Å². The first-order chi connectivity index (χ1) is 16.5. The van der Waals surface area contributed by atoms with Crippen molar-refractivity contribution in [3.05, 3.63) is 57.5 Å². The Morgan fingerprint density at radius 3 is 2.76 bits per heavy atom. The second-order valence-corrected chi connectivity index (χ2v) is 8.94. The van der Waals surface area contributed by atoms with E-state index in [2.05, 4.69) is 10.3 Å². The highest BCUT2D eigenvalue weighted by Gasteiger charge is 2.24. The minimum atomic E-state index is -0.232. The van der Waals surface area contributed by atoms with Crippen molar-refractivity contribution in [3.8, 4) is 23.3 Å². The molecule has 0 unspecified atom stereocenters. The van der Waals surface area contributed by atoms with E-state index in [0.717, 1.165) is 18.5 Å². The van der Waals surface area contributed by atoms with E-state index in [0.29, 0.717) is 57.4 Å². The maximum Gasteiger partial charge on any atom is 0.264 e. The third-order valence-electron chi connectivity index (χ3n) is 5.21. The number of ether oxygens (including phenoxy) is 2. The first-order valence-electron chi connectivity index (χ1n) is 10.6. The molecule has 34 heavy (non-hydrogen) atoms. The van der Waals surface area contributed by atoms with Crippen LogP contribution >= 0.6 is 23.4 Å². The lowest BCUT2D eigenvalue weighted by atomic mass is 10.2. The SMILES string of the molecule is COc1cc(/C=C2\SC(=NCCN3CCCC3=O)NC2=O)ccc1Oc1ccc(C#N)cc1Cl. The molecule has 2 saturated heterocycles. The number of aliphatic imine (C=N–C) groups is 1. The molecule has 2 fully saturated rings. The summed E-state index contributed by atoms with van der Waals surface area (Å²) >= 11 is 7.46. The van der Waals surface area contributed by atoms with Crippen molar-refractivity contribution in [2.75, 3.05) is 26.7 Å². The highest BCUT2D eigenvalue weighted by molar-refractivity contribution is 8.18. The summed E-state index contributed by atoms with van der Waals surface area (Å²) in [6.07, 6.45) is 3.23. The van der Waals surface area contributed by atoms with E-state index in [1.165, 1.54) is 24.9 Å². The number of carbonyl (C=O) groups excluding carboxylic acids is 2. The molecule has 0 aliphatic carbocycles. The quantitative estimate of drug-likeness (QED) is 0.576. The summed E-state index contributed by atoms with van der Waals surface area (Å²) in [6.45, 7) is 1.77. The third kappa shape index (κ3) is 5.53. The van der Waals surface area contributed by atoms with Gasteiger partial charge in [-0.2, -0.15) is 5.26 Å². The van der Waals surface area contributed by atoms with Crippen LogP contribution in [0.5, 0.6) is 17.2 Å². The summed E-state index contributed by atoms with van der Waals surface area (Å²) in [4.78, 5) is 30.8. The Labute approximate surface area is 206 Å². The number of carbonyl (C=O) groups is 2. The Kier molecular flexibility index (Phi) is 7.40. The van der Waals surface area contributed by atoms with E-state index in [1.807, 2.05) is 6.07 Å². The Hall–Kier alpha value is -3.48. The normalized spacial score (nSPS) is 17.9. The lowest BCUT2D eigenvalue weighted by Crippen LogP contribution is -2.28. The standard InChI is InChI=1S/C24H21ClN4O4S/c1-32-20-12-15(4-7-19(20)33-18-6-5-16(14-26)11-17(18)25)13-21-23(31)28-24(34-21)27-8-10-29-9-2-3-22(29)30/h4-7,11-13H,2-3,8-10H2,1H3,(H,27,28,31)/b21-13-. The molecule has 0 atom stereocenters. The van der Waals surface area contributed by atoms with Gasteiger partial charge >= 0.3 is 0 Å². The van der Waals surface area contributed by atoms with Crippen LogP contribution in [0.2, 0.25) is 5.02 Å². The molecule has 8 nitrogen and oxygen atoms in total. The van der Waals surface area contributed by atoms with Crippen LogP contribution in [0, 0.1) is 11.3 Å². The van der Waals surface area contributed by atoms with Gasteiger partial charge in [-0.15, -0.1) is 0 Å². The predicted octanol–water partition coefficient (Wildman–Crippen LogP) is 4.19. The molecule has 4 rings (SSSR count). The monoisotopic (exact) mass is 496 g/mol. The van der Waals surface area contributed by atoms with Gasteiger partial charge in [0.1, 0.15) is 5.75 Å². The average molecular weight is 497 g/mol. The Morgan fingerprint density at radius 2 is 2.06 bits per heavy atom. The molecule has 0 spiro atoms. The largest absolute Gasteiger partial charge is 0.493 e. The van der Waals surface area contributed by atoms with Gasteiger partial charge in [-0.05, 0) is 60.2 Å². The molecule has 2 amide bonds. The summed E-state index contributed by atoms with van der Waals surface area (Å²) in [5.74, 6) is 1.23. The number of nitriles is 1. The maximum absolute atomic E-state index is 12.4. The Morgan fingerprint density at radius 1 is 1.24 bits per heavy atom. The average Bonchev–Trinajstić information content (AvgIpc) is 3.40. The number of likely N-dealkylation sites (tertiary alicyclic amines) is 1. The molecule has 0 saturated carbocycles. The van der Waals surface area contributed by atoms with Gasteiger partial charge in [-0.25, -0.2) is 0 Å². The van der Waals surface area contributed by atoms with Crippen LogP contribution in [0.1, 0.15) is 24.0 Å². The highest BCUT2D eigenvalue weighted by atomic mass is 35.5. The predicted molar refractivity (Wildman–Crippen MR) is 131 cm³/mol.